The summed E-state index contributed by atoms with van der Waals surface area (Å²) in [7, 11) is -3.73. The number of rotatable bonds is 4. The van der Waals surface area contributed by atoms with Gasteiger partial charge in [0.1, 0.15) is 0 Å². The minimum atomic E-state index is -3.73. The van der Waals surface area contributed by atoms with Crippen LogP contribution in [0.5, 0.6) is 0 Å². The maximum absolute atomic E-state index is 11.8. The van der Waals surface area contributed by atoms with Crippen molar-refractivity contribution < 1.29 is 18.0 Å². The van der Waals surface area contributed by atoms with Gasteiger partial charge in [0.2, 0.25) is 11.8 Å². The molecule has 0 saturated heterocycles. The summed E-state index contributed by atoms with van der Waals surface area (Å²) in [6.07, 6.45) is 2.36. The van der Waals surface area contributed by atoms with Gasteiger partial charge < -0.3 is 5.73 Å². The van der Waals surface area contributed by atoms with Gasteiger partial charge in [-0.15, -0.1) is 6.58 Å². The summed E-state index contributed by atoms with van der Waals surface area (Å²) in [5.41, 5.74) is 4.47. The molecule has 0 spiro atoms. The maximum atomic E-state index is 11.8. The Kier molecular flexibility index (Phi) is 5.66. The fourth-order valence-corrected chi connectivity index (χ4v) is 2.69. The molecule has 0 heterocycles. The number of carbonyl (C=O) groups excluding carboxylic acids is 2. The number of carbonyl (C=O) groups is 2. The topological polar surface area (TPSA) is 106 Å². The molecule has 1 aliphatic carbocycles. The Bertz CT molecular complexity index is 622. The molecule has 0 aliphatic heterocycles. The molecule has 7 heteroatoms. The van der Waals surface area contributed by atoms with Crippen LogP contribution in [0.2, 0.25) is 0 Å². The molecule has 114 valence electrons. The van der Waals surface area contributed by atoms with Crippen molar-refractivity contribution in [1.29, 1.82) is 0 Å². The molecular weight excluding hydrogens is 292 g/mol. The Hall–Kier alpha value is -2.15. The van der Waals surface area contributed by atoms with Gasteiger partial charge in [-0.05, 0) is 24.5 Å². The highest BCUT2D eigenvalue weighted by Gasteiger charge is 2.42. The lowest BCUT2D eigenvalue weighted by molar-refractivity contribution is -0.120. The highest BCUT2D eigenvalue weighted by atomic mass is 32.2. The summed E-state index contributed by atoms with van der Waals surface area (Å²) in [6.45, 7) is 4.89. The van der Waals surface area contributed by atoms with Crippen molar-refractivity contribution >= 4 is 21.8 Å². The molecule has 1 aromatic carbocycles. The first-order valence-electron chi connectivity index (χ1n) is 6.28. The van der Waals surface area contributed by atoms with E-state index in [2.05, 4.69) is 17.0 Å². The van der Waals surface area contributed by atoms with Crippen molar-refractivity contribution in [1.82, 2.24) is 4.72 Å². The number of nitrogens with two attached hydrogens (primary N) is 1. The predicted molar refractivity (Wildman–Crippen MR) is 78.4 cm³/mol. The third-order valence-electron chi connectivity index (χ3n) is 2.77. The normalized spacial score (nSPS) is 19.7. The Morgan fingerprint density at radius 2 is 1.86 bits per heavy atom. The van der Waals surface area contributed by atoms with Crippen LogP contribution in [-0.4, -0.2) is 20.2 Å². The van der Waals surface area contributed by atoms with Crippen LogP contribution in [0.25, 0.3) is 0 Å². The highest BCUT2D eigenvalue weighted by molar-refractivity contribution is 7.90. The first kappa shape index (κ1) is 16.9. The summed E-state index contributed by atoms with van der Waals surface area (Å²) in [5, 5.41) is 0. The summed E-state index contributed by atoms with van der Waals surface area (Å²) >= 11 is 0. The Morgan fingerprint density at radius 1 is 1.33 bits per heavy atom. The van der Waals surface area contributed by atoms with Crippen molar-refractivity contribution in [2.75, 3.05) is 0 Å². The summed E-state index contributed by atoms with van der Waals surface area (Å²) < 4.78 is 25.7. The lowest BCUT2D eigenvalue weighted by atomic mass is 10.3. The molecule has 1 saturated carbocycles. The molecule has 0 bridgehead atoms. The zero-order chi connectivity index (χ0) is 16.0. The third kappa shape index (κ3) is 5.39. The van der Waals surface area contributed by atoms with Crippen LogP contribution in [-0.2, 0) is 19.6 Å². The number of hydrogen-bond acceptors (Lipinski definition) is 4. The lowest BCUT2D eigenvalue weighted by Crippen LogP contribution is -2.32. The van der Waals surface area contributed by atoms with E-state index < -0.39 is 15.9 Å². The van der Waals surface area contributed by atoms with Crippen LogP contribution < -0.4 is 10.5 Å². The molecule has 21 heavy (non-hydrogen) atoms. The molecule has 3 N–H and O–H groups in total. The first-order chi connectivity index (χ1) is 9.77. The third-order valence-corrected chi connectivity index (χ3v) is 4.13. The molecule has 2 atom stereocenters. The number of amides is 2. The van der Waals surface area contributed by atoms with Gasteiger partial charge in [-0.3, -0.25) is 9.59 Å². The van der Waals surface area contributed by atoms with Crippen molar-refractivity contribution in [3.05, 3.63) is 43.0 Å². The zero-order valence-corrected chi connectivity index (χ0v) is 12.5. The molecule has 2 unspecified atom stereocenters. The van der Waals surface area contributed by atoms with Gasteiger partial charge in [-0.2, -0.15) is 0 Å². The average molecular weight is 310 g/mol. The Morgan fingerprint density at radius 3 is 2.29 bits per heavy atom. The lowest BCUT2D eigenvalue weighted by Gasteiger charge is -2.05. The quantitative estimate of drug-likeness (QED) is 0.802. The van der Waals surface area contributed by atoms with E-state index in [1.807, 2.05) is 0 Å². The van der Waals surface area contributed by atoms with Crippen LogP contribution >= 0.6 is 0 Å². The van der Waals surface area contributed by atoms with E-state index >= 15 is 0 Å². The fourth-order valence-electron chi connectivity index (χ4n) is 1.64. The van der Waals surface area contributed by atoms with Crippen LogP contribution in [0.15, 0.2) is 47.9 Å². The minimum absolute atomic E-state index is 0.101. The second-order valence-corrected chi connectivity index (χ2v) is 6.32. The first-order valence-corrected chi connectivity index (χ1v) is 7.76. The van der Waals surface area contributed by atoms with Gasteiger partial charge in [-0.1, -0.05) is 24.3 Å². The Balaban J connectivity index is 0.000000491. The summed E-state index contributed by atoms with van der Waals surface area (Å²) in [4.78, 5) is 20.9. The monoisotopic (exact) mass is 310 g/mol. The highest BCUT2D eigenvalue weighted by Crippen LogP contribution is 2.39. The van der Waals surface area contributed by atoms with E-state index in [1.54, 1.807) is 24.3 Å². The van der Waals surface area contributed by atoms with E-state index in [4.69, 9.17) is 0 Å². The second kappa shape index (κ2) is 7.03. The zero-order valence-electron chi connectivity index (χ0n) is 11.7. The van der Waals surface area contributed by atoms with Gasteiger partial charge >= 0.3 is 0 Å². The van der Waals surface area contributed by atoms with E-state index in [0.29, 0.717) is 6.42 Å². The molecule has 0 radical (unpaired) electrons. The largest absolute Gasteiger partial charge is 0.370 e. The van der Waals surface area contributed by atoms with Crippen molar-refractivity contribution in [3.63, 3.8) is 0 Å². The second-order valence-electron chi connectivity index (χ2n) is 4.64. The van der Waals surface area contributed by atoms with E-state index in [9.17, 15) is 18.0 Å². The molecule has 0 aromatic heterocycles. The Labute approximate surface area is 124 Å². The number of sulfonamides is 1. The van der Waals surface area contributed by atoms with Gasteiger partial charge in [0.25, 0.3) is 10.0 Å². The number of nitrogens with one attached hydrogen (secondary N) is 1. The van der Waals surface area contributed by atoms with E-state index in [-0.39, 0.29) is 22.6 Å². The number of benzene rings is 1. The molecule has 2 rings (SSSR count). The van der Waals surface area contributed by atoms with Crippen molar-refractivity contribution in [3.8, 4) is 0 Å². The summed E-state index contributed by atoms with van der Waals surface area (Å²) in [5.74, 6) is -0.911. The summed E-state index contributed by atoms with van der Waals surface area (Å²) in [6, 6.07) is 7.85. The van der Waals surface area contributed by atoms with Gasteiger partial charge in [0.05, 0.1) is 4.90 Å². The number of allylic oxidation sites excluding steroid dienone is 1. The van der Waals surface area contributed by atoms with Crippen LogP contribution in [0, 0.1) is 11.8 Å². The van der Waals surface area contributed by atoms with Gasteiger partial charge in [-0.25, -0.2) is 13.1 Å². The van der Waals surface area contributed by atoms with Gasteiger partial charge in [0, 0.05) is 12.8 Å². The average Bonchev–Trinajstić information content (AvgIpc) is 3.18. The van der Waals surface area contributed by atoms with Gasteiger partial charge in [0.15, 0.2) is 0 Å². The molecule has 6 nitrogen and oxygen atoms in total. The van der Waals surface area contributed by atoms with Crippen LogP contribution in [0.1, 0.15) is 13.3 Å². The minimum Gasteiger partial charge on any atom is -0.370 e. The van der Waals surface area contributed by atoms with Crippen molar-refractivity contribution in [2.45, 2.75) is 18.2 Å². The molecule has 1 aliphatic rings. The number of hydrogen-bond donors (Lipinski definition) is 2. The molecule has 1 fully saturated rings. The molecular formula is C14H18N2O4S. The van der Waals surface area contributed by atoms with E-state index in [1.165, 1.54) is 19.1 Å². The predicted octanol–water partition coefficient (Wildman–Crippen LogP) is 0.805. The van der Waals surface area contributed by atoms with Crippen LogP contribution in [0.3, 0.4) is 0 Å². The fraction of sp³-hybridized carbons (Fsp3) is 0.286. The SMILES string of the molecule is C=CC1CC1C(=O)NS(=O)(=O)c1ccccc1.CC(N)=O. The molecule has 2 amide bonds. The standard InChI is InChI=1S/C12H13NO3S.C2H5NO/c1-2-9-8-11(9)12(14)13-17(15,16)10-6-4-3-5-7-10;1-2(3)4/h2-7,9,11H,1,8H2,(H,13,14);1H3,(H2,3,4). The van der Waals surface area contributed by atoms with E-state index in [0.717, 1.165) is 0 Å². The smallest absolute Gasteiger partial charge is 0.264 e. The van der Waals surface area contributed by atoms with Crippen LogP contribution in [0.4, 0.5) is 0 Å². The number of primary amides is 1. The van der Waals surface area contributed by atoms with Crippen molar-refractivity contribution in [2.24, 2.45) is 17.6 Å². The molecule has 1 aromatic rings. The maximum Gasteiger partial charge on any atom is 0.264 e.